The lowest BCUT2D eigenvalue weighted by Crippen LogP contribution is -2.56. The van der Waals surface area contributed by atoms with Crippen LogP contribution >= 0.6 is 0 Å². The molecule has 15 heavy (non-hydrogen) atoms. The zero-order chi connectivity index (χ0) is 11.5. The molecule has 0 bridgehead atoms. The molecule has 1 aliphatic heterocycles. The highest BCUT2D eigenvalue weighted by atomic mass is 15.2. The fourth-order valence-corrected chi connectivity index (χ4v) is 2.54. The number of rotatable bonds is 5. The molecule has 0 aromatic heterocycles. The summed E-state index contributed by atoms with van der Waals surface area (Å²) in [5.74, 6) is 0. The molecule has 1 fully saturated rings. The van der Waals surface area contributed by atoms with E-state index < -0.39 is 0 Å². The van der Waals surface area contributed by atoms with Gasteiger partial charge in [0.25, 0.3) is 0 Å². The molecule has 1 aliphatic rings. The highest BCUT2D eigenvalue weighted by molar-refractivity contribution is 5.03. The monoisotopic (exact) mass is 210 g/mol. The molecule has 2 atom stereocenters. The predicted molar refractivity (Wildman–Crippen MR) is 66.9 cm³/mol. The third-order valence-electron chi connectivity index (χ3n) is 3.91. The van der Waals surface area contributed by atoms with Crippen molar-refractivity contribution in [1.29, 1.82) is 0 Å². The number of nitrogens with two attached hydrogens (primary N) is 1. The van der Waals surface area contributed by atoms with Crippen molar-refractivity contribution in [2.75, 3.05) is 13.1 Å². The summed E-state index contributed by atoms with van der Waals surface area (Å²) in [6.07, 6.45) is 4.73. The Morgan fingerprint density at radius 1 is 1.47 bits per heavy atom. The van der Waals surface area contributed by atoms with Crippen LogP contribution in [0.5, 0.6) is 0 Å². The van der Waals surface area contributed by atoms with Crippen LogP contribution in [0, 0.1) is 0 Å². The van der Waals surface area contributed by atoms with Crippen molar-refractivity contribution in [3.63, 3.8) is 0 Å². The maximum absolute atomic E-state index is 6.34. The van der Waals surface area contributed by atoms with Crippen molar-refractivity contribution in [2.45, 2.75) is 58.0 Å². The predicted octanol–water partition coefficient (Wildman–Crippen LogP) is 2.54. The summed E-state index contributed by atoms with van der Waals surface area (Å²) in [5, 5.41) is 0. The molecule has 1 saturated heterocycles. The van der Waals surface area contributed by atoms with E-state index in [1.807, 2.05) is 0 Å². The fraction of sp³-hybridized carbons (Fsp3) is 0.846. The van der Waals surface area contributed by atoms with Gasteiger partial charge >= 0.3 is 0 Å². The van der Waals surface area contributed by atoms with Crippen molar-refractivity contribution in [3.8, 4) is 0 Å². The molecule has 88 valence electrons. The van der Waals surface area contributed by atoms with Crippen molar-refractivity contribution < 1.29 is 0 Å². The second kappa shape index (κ2) is 5.13. The average molecular weight is 210 g/mol. The molecular formula is C13H26N2. The number of hydrogen-bond donors (Lipinski definition) is 1. The minimum absolute atomic E-state index is 0.162. The van der Waals surface area contributed by atoms with E-state index in [0.29, 0.717) is 0 Å². The Balaban J connectivity index is 2.68. The van der Waals surface area contributed by atoms with Gasteiger partial charge in [-0.05, 0) is 52.6 Å². The second-order valence-corrected chi connectivity index (χ2v) is 5.17. The molecular weight excluding hydrogens is 184 g/mol. The van der Waals surface area contributed by atoms with Crippen LogP contribution in [0.4, 0.5) is 0 Å². The van der Waals surface area contributed by atoms with Crippen LogP contribution in [0.3, 0.4) is 0 Å². The standard InChI is InChI=1S/C13H26N2/c1-5-13(4,12(14)10-11(2)3)15-8-6-7-9-15/h12H,2,5-10,14H2,1,3-4H3. The molecule has 0 spiro atoms. The van der Waals surface area contributed by atoms with Crippen LogP contribution in [-0.4, -0.2) is 29.6 Å². The second-order valence-electron chi connectivity index (χ2n) is 5.17. The van der Waals surface area contributed by atoms with E-state index >= 15 is 0 Å². The maximum Gasteiger partial charge on any atom is 0.0332 e. The van der Waals surface area contributed by atoms with E-state index in [0.717, 1.165) is 12.8 Å². The van der Waals surface area contributed by atoms with Crippen LogP contribution in [0.2, 0.25) is 0 Å². The van der Waals surface area contributed by atoms with E-state index in [-0.39, 0.29) is 11.6 Å². The summed E-state index contributed by atoms with van der Waals surface area (Å²) in [7, 11) is 0. The minimum atomic E-state index is 0.162. The van der Waals surface area contributed by atoms with E-state index in [1.165, 1.54) is 31.5 Å². The molecule has 1 heterocycles. The smallest absolute Gasteiger partial charge is 0.0332 e. The summed E-state index contributed by atoms with van der Waals surface area (Å²) in [6.45, 7) is 13.0. The Hall–Kier alpha value is -0.340. The average Bonchev–Trinajstić information content (AvgIpc) is 2.68. The Labute approximate surface area is 94.5 Å². The zero-order valence-corrected chi connectivity index (χ0v) is 10.6. The first-order valence-electron chi connectivity index (χ1n) is 6.15. The lowest BCUT2D eigenvalue weighted by atomic mass is 9.84. The highest BCUT2D eigenvalue weighted by Crippen LogP contribution is 2.29. The summed E-state index contributed by atoms with van der Waals surface area (Å²) >= 11 is 0. The van der Waals surface area contributed by atoms with E-state index in [2.05, 4.69) is 32.3 Å². The first kappa shape index (κ1) is 12.7. The van der Waals surface area contributed by atoms with Gasteiger partial charge in [-0.25, -0.2) is 0 Å². The quantitative estimate of drug-likeness (QED) is 0.707. The maximum atomic E-state index is 6.34. The van der Waals surface area contributed by atoms with Gasteiger partial charge in [-0.2, -0.15) is 0 Å². The molecule has 2 heteroatoms. The van der Waals surface area contributed by atoms with Gasteiger partial charge in [0.2, 0.25) is 0 Å². The van der Waals surface area contributed by atoms with Gasteiger partial charge in [0, 0.05) is 11.6 Å². The molecule has 0 radical (unpaired) electrons. The normalized spacial score (nSPS) is 23.7. The van der Waals surface area contributed by atoms with Crippen LogP contribution in [0.1, 0.15) is 46.5 Å². The number of likely N-dealkylation sites (tertiary alicyclic amines) is 1. The summed E-state index contributed by atoms with van der Waals surface area (Å²) in [6, 6.07) is 0.220. The summed E-state index contributed by atoms with van der Waals surface area (Å²) < 4.78 is 0. The van der Waals surface area contributed by atoms with Gasteiger partial charge in [0.05, 0.1) is 0 Å². The summed E-state index contributed by atoms with van der Waals surface area (Å²) in [5.41, 5.74) is 7.70. The molecule has 0 aliphatic carbocycles. The lowest BCUT2D eigenvalue weighted by Gasteiger charge is -2.43. The van der Waals surface area contributed by atoms with Crippen LogP contribution < -0.4 is 5.73 Å². The van der Waals surface area contributed by atoms with Crippen LogP contribution in [0.25, 0.3) is 0 Å². The van der Waals surface area contributed by atoms with E-state index in [9.17, 15) is 0 Å². The Bertz CT molecular complexity index is 219. The molecule has 1 rings (SSSR count). The lowest BCUT2D eigenvalue weighted by molar-refractivity contribution is 0.0999. The molecule has 0 aromatic rings. The van der Waals surface area contributed by atoms with Gasteiger partial charge in [-0.1, -0.05) is 12.5 Å². The topological polar surface area (TPSA) is 29.3 Å². The highest BCUT2D eigenvalue weighted by Gasteiger charge is 2.37. The molecule has 2 nitrogen and oxygen atoms in total. The Morgan fingerprint density at radius 3 is 2.40 bits per heavy atom. The fourth-order valence-electron chi connectivity index (χ4n) is 2.54. The first-order chi connectivity index (χ1) is 7.00. The molecule has 2 unspecified atom stereocenters. The SMILES string of the molecule is C=C(C)CC(N)C(C)(CC)N1CCCC1. The summed E-state index contributed by atoms with van der Waals surface area (Å²) in [4.78, 5) is 2.57. The Morgan fingerprint density at radius 2 is 2.00 bits per heavy atom. The Kier molecular flexibility index (Phi) is 4.35. The molecule has 0 amide bonds. The van der Waals surface area contributed by atoms with E-state index in [4.69, 9.17) is 5.73 Å². The number of hydrogen-bond acceptors (Lipinski definition) is 2. The van der Waals surface area contributed by atoms with E-state index in [1.54, 1.807) is 0 Å². The van der Waals surface area contributed by atoms with Gasteiger partial charge in [0.1, 0.15) is 0 Å². The van der Waals surface area contributed by atoms with Crippen molar-refractivity contribution in [1.82, 2.24) is 4.90 Å². The van der Waals surface area contributed by atoms with Gasteiger partial charge in [-0.3, -0.25) is 4.90 Å². The van der Waals surface area contributed by atoms with Gasteiger partial charge in [-0.15, -0.1) is 6.58 Å². The van der Waals surface area contributed by atoms with Gasteiger partial charge < -0.3 is 5.73 Å². The van der Waals surface area contributed by atoms with Crippen molar-refractivity contribution >= 4 is 0 Å². The van der Waals surface area contributed by atoms with Crippen molar-refractivity contribution in [2.24, 2.45) is 5.73 Å². The largest absolute Gasteiger partial charge is 0.326 e. The van der Waals surface area contributed by atoms with Crippen molar-refractivity contribution in [3.05, 3.63) is 12.2 Å². The third-order valence-corrected chi connectivity index (χ3v) is 3.91. The molecule has 0 aromatic carbocycles. The molecule has 2 N–H and O–H groups in total. The number of nitrogens with zero attached hydrogens (tertiary/aromatic N) is 1. The van der Waals surface area contributed by atoms with Crippen LogP contribution in [0.15, 0.2) is 12.2 Å². The van der Waals surface area contributed by atoms with Gasteiger partial charge in [0.15, 0.2) is 0 Å². The molecule has 0 saturated carbocycles. The first-order valence-corrected chi connectivity index (χ1v) is 6.15. The zero-order valence-electron chi connectivity index (χ0n) is 10.6. The third kappa shape index (κ3) is 2.82. The minimum Gasteiger partial charge on any atom is -0.326 e. The van der Waals surface area contributed by atoms with Crippen LogP contribution in [-0.2, 0) is 0 Å².